The number of imidazole rings is 1. The Morgan fingerprint density at radius 3 is 2.19 bits per heavy atom. The minimum absolute atomic E-state index is 0.236. The molecule has 0 spiro atoms. The van der Waals surface area contributed by atoms with Gasteiger partial charge in [0.15, 0.2) is 18.2 Å². The first-order valence-electron chi connectivity index (χ1n) is 10.5. The molecule has 0 unspecified atom stereocenters. The van der Waals surface area contributed by atoms with E-state index in [0.29, 0.717) is 22.4 Å². The van der Waals surface area contributed by atoms with Crippen molar-refractivity contribution >= 4 is 45.9 Å². The number of carbonyl (C=O) groups excluding carboxylic acids is 2. The lowest BCUT2D eigenvalue weighted by molar-refractivity contribution is -0.139. The molecule has 1 aromatic heterocycles. The molecule has 10 heteroatoms. The molecule has 0 aliphatic carbocycles. The molecule has 2 atom stereocenters. The molecule has 0 saturated carbocycles. The van der Waals surface area contributed by atoms with E-state index in [1.165, 1.54) is 6.42 Å². The largest absolute Gasteiger partial charge is 0.380 e. The van der Waals surface area contributed by atoms with E-state index in [1.807, 2.05) is 12.1 Å². The van der Waals surface area contributed by atoms with Crippen LogP contribution in [0.2, 0.25) is 0 Å². The quantitative estimate of drug-likeness (QED) is 0.340. The number of carbonyl (C=O) groups is 2. The second-order valence-electron chi connectivity index (χ2n) is 7.82. The van der Waals surface area contributed by atoms with Crippen LogP contribution in [-0.4, -0.2) is 57.3 Å². The third kappa shape index (κ3) is 4.82. The Hall–Kier alpha value is -3.63. The van der Waals surface area contributed by atoms with Gasteiger partial charge in [-0.3, -0.25) is 9.59 Å². The number of H-pyrrole nitrogens is 1. The maximum atomic E-state index is 12.3. The standard InChI is InChI=1S/C22H26N6O4/c23-22-26-16-9-6-14(12-17(16)27-22)25-21(32)19(30)18(29)20(31)24-13-4-7-15(8-5-13)28-10-2-1-3-11-28/h4-9,12,18-19,29-30H,1-3,10-11H2,(H,24,31)(H,25,32)(H3,23,26,27)/t18-,19-/m1/s1. The number of aliphatic hydroxyl groups is 2. The number of nitrogens with zero attached hydrogens (tertiary/aromatic N) is 2. The average Bonchev–Trinajstić information content (AvgIpc) is 3.18. The highest BCUT2D eigenvalue weighted by Gasteiger charge is 2.30. The third-order valence-corrected chi connectivity index (χ3v) is 5.46. The Morgan fingerprint density at radius 1 is 0.938 bits per heavy atom. The van der Waals surface area contributed by atoms with Crippen LogP contribution in [0.3, 0.4) is 0 Å². The van der Waals surface area contributed by atoms with Gasteiger partial charge in [0, 0.05) is 30.2 Å². The van der Waals surface area contributed by atoms with Crippen LogP contribution >= 0.6 is 0 Å². The number of aromatic amines is 1. The predicted octanol–water partition coefficient (Wildman–Crippen LogP) is 1.43. The van der Waals surface area contributed by atoms with Crippen molar-refractivity contribution in [1.82, 2.24) is 9.97 Å². The number of piperidine rings is 1. The Balaban J connectivity index is 1.34. The SMILES string of the molecule is Nc1nc2ccc(NC(=O)[C@H](O)[C@@H](O)C(=O)Nc3ccc(N4CCCCC4)cc3)cc2[nH]1. The second kappa shape index (κ2) is 9.25. The van der Waals surface area contributed by atoms with Gasteiger partial charge in [0.05, 0.1) is 11.0 Å². The van der Waals surface area contributed by atoms with E-state index < -0.39 is 24.0 Å². The Kier molecular flexibility index (Phi) is 6.24. The van der Waals surface area contributed by atoms with Crippen molar-refractivity contribution < 1.29 is 19.8 Å². The first-order chi connectivity index (χ1) is 15.4. The number of anilines is 4. The Bertz CT molecular complexity index is 1110. The molecular weight excluding hydrogens is 412 g/mol. The van der Waals surface area contributed by atoms with Crippen molar-refractivity contribution in [2.75, 3.05) is 34.4 Å². The lowest BCUT2D eigenvalue weighted by atomic mass is 10.1. The number of hydrogen-bond donors (Lipinski definition) is 6. The minimum atomic E-state index is -1.95. The monoisotopic (exact) mass is 438 g/mol. The van der Waals surface area contributed by atoms with Crippen molar-refractivity contribution in [2.45, 2.75) is 31.5 Å². The molecule has 2 aromatic carbocycles. The van der Waals surface area contributed by atoms with Gasteiger partial charge in [0.1, 0.15) is 0 Å². The van der Waals surface area contributed by atoms with E-state index in [0.717, 1.165) is 31.6 Å². The minimum Gasteiger partial charge on any atom is -0.380 e. The van der Waals surface area contributed by atoms with Crippen LogP contribution in [0.5, 0.6) is 0 Å². The summed E-state index contributed by atoms with van der Waals surface area (Å²) in [5.74, 6) is -1.56. The van der Waals surface area contributed by atoms with Gasteiger partial charge in [-0.05, 0) is 61.7 Å². The summed E-state index contributed by atoms with van der Waals surface area (Å²) in [5, 5.41) is 25.3. The van der Waals surface area contributed by atoms with Gasteiger partial charge in [-0.1, -0.05) is 0 Å². The van der Waals surface area contributed by atoms with E-state index in [9.17, 15) is 19.8 Å². The Morgan fingerprint density at radius 2 is 1.53 bits per heavy atom. The zero-order chi connectivity index (χ0) is 22.7. The van der Waals surface area contributed by atoms with Gasteiger partial charge in [0.25, 0.3) is 11.8 Å². The summed E-state index contributed by atoms with van der Waals surface area (Å²) < 4.78 is 0. The highest BCUT2D eigenvalue weighted by Crippen LogP contribution is 2.22. The van der Waals surface area contributed by atoms with Gasteiger partial charge >= 0.3 is 0 Å². The molecule has 1 fully saturated rings. The van der Waals surface area contributed by atoms with Gasteiger partial charge in [0.2, 0.25) is 0 Å². The van der Waals surface area contributed by atoms with Crippen LogP contribution in [0.25, 0.3) is 11.0 Å². The van der Waals surface area contributed by atoms with E-state index in [2.05, 4.69) is 25.5 Å². The van der Waals surface area contributed by atoms with Gasteiger partial charge in [-0.2, -0.15) is 0 Å². The fraction of sp³-hybridized carbons (Fsp3) is 0.318. The lowest BCUT2D eigenvalue weighted by Crippen LogP contribution is -2.45. The molecule has 3 aromatic rings. The molecule has 0 bridgehead atoms. The normalized spacial score (nSPS) is 15.9. The van der Waals surface area contributed by atoms with Gasteiger partial charge in [-0.15, -0.1) is 0 Å². The first-order valence-corrected chi connectivity index (χ1v) is 10.5. The number of hydrogen-bond acceptors (Lipinski definition) is 7. The molecule has 32 heavy (non-hydrogen) atoms. The number of nitrogens with two attached hydrogens (primary N) is 1. The van der Waals surface area contributed by atoms with Crippen LogP contribution in [0, 0.1) is 0 Å². The molecule has 4 rings (SSSR count). The molecule has 1 aliphatic rings. The summed E-state index contributed by atoms with van der Waals surface area (Å²) in [6, 6.07) is 12.0. The number of aliphatic hydroxyl groups excluding tert-OH is 2. The molecule has 1 aliphatic heterocycles. The zero-order valence-electron chi connectivity index (χ0n) is 17.4. The zero-order valence-corrected chi connectivity index (χ0v) is 17.4. The van der Waals surface area contributed by atoms with Gasteiger partial charge in [-0.25, -0.2) is 4.98 Å². The molecule has 168 valence electrons. The van der Waals surface area contributed by atoms with Crippen LogP contribution in [0.1, 0.15) is 19.3 Å². The number of aromatic nitrogens is 2. The maximum absolute atomic E-state index is 12.3. The number of amides is 2. The third-order valence-electron chi connectivity index (χ3n) is 5.46. The number of rotatable bonds is 6. The fourth-order valence-electron chi connectivity index (χ4n) is 3.73. The van der Waals surface area contributed by atoms with E-state index in [-0.39, 0.29) is 5.95 Å². The molecule has 2 heterocycles. The summed E-state index contributed by atoms with van der Waals surface area (Å²) in [7, 11) is 0. The Labute approximate surface area is 184 Å². The second-order valence-corrected chi connectivity index (χ2v) is 7.82. The number of nitrogen functional groups attached to an aromatic ring is 1. The molecule has 0 radical (unpaired) electrons. The maximum Gasteiger partial charge on any atom is 0.256 e. The molecule has 2 amide bonds. The van der Waals surface area contributed by atoms with Crippen LogP contribution < -0.4 is 21.3 Å². The first kappa shape index (κ1) is 21.6. The van der Waals surface area contributed by atoms with Crippen molar-refractivity contribution in [1.29, 1.82) is 0 Å². The molecule has 1 saturated heterocycles. The smallest absolute Gasteiger partial charge is 0.256 e. The summed E-state index contributed by atoms with van der Waals surface area (Å²) in [4.78, 5) is 33.8. The van der Waals surface area contributed by atoms with Crippen molar-refractivity contribution in [2.24, 2.45) is 0 Å². The highest BCUT2D eigenvalue weighted by atomic mass is 16.3. The van der Waals surface area contributed by atoms with Crippen molar-refractivity contribution in [3.63, 3.8) is 0 Å². The fourth-order valence-corrected chi connectivity index (χ4v) is 3.73. The number of fused-ring (bicyclic) bond motifs is 1. The molecule has 10 nitrogen and oxygen atoms in total. The summed E-state index contributed by atoms with van der Waals surface area (Å²) in [6.07, 6.45) is -0.332. The van der Waals surface area contributed by atoms with E-state index in [4.69, 9.17) is 5.73 Å². The van der Waals surface area contributed by atoms with E-state index in [1.54, 1.807) is 30.3 Å². The van der Waals surface area contributed by atoms with Crippen LogP contribution in [0.15, 0.2) is 42.5 Å². The van der Waals surface area contributed by atoms with Crippen LogP contribution in [-0.2, 0) is 9.59 Å². The predicted molar refractivity (Wildman–Crippen MR) is 122 cm³/mol. The molecule has 7 N–H and O–H groups in total. The molecular formula is C22H26N6O4. The van der Waals surface area contributed by atoms with Crippen molar-refractivity contribution in [3.05, 3.63) is 42.5 Å². The number of benzene rings is 2. The summed E-state index contributed by atoms with van der Waals surface area (Å²) in [6.45, 7) is 2.01. The topological polar surface area (TPSA) is 157 Å². The van der Waals surface area contributed by atoms with Crippen LogP contribution in [0.4, 0.5) is 23.0 Å². The highest BCUT2D eigenvalue weighted by molar-refractivity contribution is 6.02. The van der Waals surface area contributed by atoms with Crippen molar-refractivity contribution in [3.8, 4) is 0 Å². The lowest BCUT2D eigenvalue weighted by Gasteiger charge is -2.28. The summed E-state index contributed by atoms with van der Waals surface area (Å²) >= 11 is 0. The summed E-state index contributed by atoms with van der Waals surface area (Å²) in [5.41, 5.74) is 8.70. The number of nitrogens with one attached hydrogen (secondary N) is 3. The average molecular weight is 438 g/mol. The van der Waals surface area contributed by atoms with Gasteiger partial charge < -0.3 is 36.5 Å². The van der Waals surface area contributed by atoms with E-state index >= 15 is 0 Å².